The van der Waals surface area contributed by atoms with Gasteiger partial charge in [-0.1, -0.05) is 44.2 Å². The SMILES string of the molecule is COC(=O)[C@H](C[C@@H]1CCNC1=O)NC(=O)N(CC(C)C)NC(=O)OCc1ccccc1. The van der Waals surface area contributed by atoms with E-state index in [0.717, 1.165) is 10.6 Å². The highest BCUT2D eigenvalue weighted by molar-refractivity contribution is 5.86. The third kappa shape index (κ3) is 7.80. The van der Waals surface area contributed by atoms with E-state index in [9.17, 15) is 19.2 Å². The zero-order valence-electron chi connectivity index (χ0n) is 18.1. The molecule has 2 rings (SSSR count). The summed E-state index contributed by atoms with van der Waals surface area (Å²) in [5, 5.41) is 6.32. The van der Waals surface area contributed by atoms with Crippen molar-refractivity contribution in [3.05, 3.63) is 35.9 Å². The molecule has 3 N–H and O–H groups in total. The molecule has 2 atom stereocenters. The van der Waals surface area contributed by atoms with Gasteiger partial charge in [-0.2, -0.15) is 0 Å². The van der Waals surface area contributed by atoms with Gasteiger partial charge >= 0.3 is 18.1 Å². The largest absolute Gasteiger partial charge is 0.467 e. The van der Waals surface area contributed by atoms with Gasteiger partial charge in [0.15, 0.2) is 0 Å². The van der Waals surface area contributed by atoms with Gasteiger partial charge in [0, 0.05) is 19.0 Å². The first-order valence-electron chi connectivity index (χ1n) is 10.2. The molecule has 0 saturated carbocycles. The molecule has 0 aromatic heterocycles. The number of amides is 4. The first kappa shape index (κ1) is 24.0. The van der Waals surface area contributed by atoms with Crippen LogP contribution >= 0.6 is 0 Å². The number of hydrogen-bond acceptors (Lipinski definition) is 6. The number of hydrogen-bond donors (Lipinski definition) is 3. The van der Waals surface area contributed by atoms with E-state index < -0.39 is 30.1 Å². The monoisotopic (exact) mass is 434 g/mol. The summed E-state index contributed by atoms with van der Waals surface area (Å²) in [6, 6.07) is 7.41. The summed E-state index contributed by atoms with van der Waals surface area (Å²) in [7, 11) is 1.21. The number of carbonyl (C=O) groups excluding carboxylic acids is 4. The Morgan fingerprint density at radius 3 is 2.52 bits per heavy atom. The average Bonchev–Trinajstić information content (AvgIpc) is 3.15. The van der Waals surface area contributed by atoms with Gasteiger partial charge in [0.05, 0.1) is 7.11 Å². The molecule has 170 valence electrons. The lowest BCUT2D eigenvalue weighted by molar-refractivity contribution is -0.143. The fraction of sp³-hybridized carbons (Fsp3) is 0.524. The van der Waals surface area contributed by atoms with E-state index in [1.165, 1.54) is 7.11 Å². The summed E-state index contributed by atoms with van der Waals surface area (Å²) < 4.78 is 9.94. The Bertz CT molecular complexity index is 770. The molecule has 1 heterocycles. The standard InChI is InChI=1S/C21H30N4O6/c1-14(2)12-25(24-21(29)31-13-15-7-5-4-6-8-15)20(28)23-17(19(27)30-3)11-16-9-10-22-18(16)26/h4-8,14,16-17H,9-13H2,1-3H3,(H,22,26)(H,23,28)(H,24,29)/t16-,17-/m0/s1. The fourth-order valence-electron chi connectivity index (χ4n) is 3.15. The highest BCUT2D eigenvalue weighted by atomic mass is 16.6. The molecule has 0 radical (unpaired) electrons. The number of hydrazine groups is 1. The number of benzene rings is 1. The van der Waals surface area contributed by atoms with Crippen LogP contribution in [0.3, 0.4) is 0 Å². The van der Waals surface area contributed by atoms with Gasteiger partial charge in [-0.25, -0.2) is 24.8 Å². The molecule has 10 heteroatoms. The van der Waals surface area contributed by atoms with Crippen LogP contribution in [-0.4, -0.2) is 55.3 Å². The summed E-state index contributed by atoms with van der Waals surface area (Å²) in [5.74, 6) is -1.20. The molecule has 4 amide bonds. The molecular weight excluding hydrogens is 404 g/mol. The molecule has 0 spiro atoms. The van der Waals surface area contributed by atoms with E-state index in [1.54, 1.807) is 0 Å². The molecule has 0 aliphatic carbocycles. The molecule has 0 unspecified atom stereocenters. The van der Waals surface area contributed by atoms with Crippen molar-refractivity contribution in [1.82, 2.24) is 21.1 Å². The molecule has 1 aromatic carbocycles. The molecular formula is C21H30N4O6. The van der Waals surface area contributed by atoms with Crippen LogP contribution in [0, 0.1) is 11.8 Å². The van der Waals surface area contributed by atoms with Crippen LogP contribution in [0.4, 0.5) is 9.59 Å². The van der Waals surface area contributed by atoms with E-state index in [4.69, 9.17) is 9.47 Å². The van der Waals surface area contributed by atoms with Crippen LogP contribution in [0.15, 0.2) is 30.3 Å². The molecule has 1 aromatic rings. The van der Waals surface area contributed by atoms with Gasteiger partial charge in [0.2, 0.25) is 5.91 Å². The maximum Gasteiger partial charge on any atom is 0.426 e. The van der Waals surface area contributed by atoms with Crippen LogP contribution in [0.1, 0.15) is 32.3 Å². The lowest BCUT2D eigenvalue weighted by Gasteiger charge is -2.27. The third-order valence-electron chi connectivity index (χ3n) is 4.70. The second-order valence-electron chi connectivity index (χ2n) is 7.72. The number of carbonyl (C=O) groups is 4. The van der Waals surface area contributed by atoms with Crippen LogP contribution in [0.2, 0.25) is 0 Å². The number of methoxy groups -OCH3 is 1. The maximum atomic E-state index is 12.8. The van der Waals surface area contributed by atoms with Crippen LogP contribution < -0.4 is 16.1 Å². The fourth-order valence-corrected chi connectivity index (χ4v) is 3.15. The van der Waals surface area contributed by atoms with Crippen LogP contribution in [-0.2, 0) is 25.7 Å². The minimum Gasteiger partial charge on any atom is -0.467 e. The van der Waals surface area contributed by atoms with Crippen molar-refractivity contribution < 1.29 is 28.7 Å². The number of esters is 1. The molecule has 1 aliphatic rings. The van der Waals surface area contributed by atoms with Crippen molar-refractivity contribution in [2.24, 2.45) is 11.8 Å². The maximum absolute atomic E-state index is 12.8. The average molecular weight is 434 g/mol. The number of urea groups is 1. The summed E-state index contributed by atoms with van der Waals surface area (Å²) in [6.07, 6.45) is -0.121. The van der Waals surface area contributed by atoms with Gasteiger partial charge in [-0.15, -0.1) is 0 Å². The molecule has 1 fully saturated rings. The first-order valence-corrected chi connectivity index (χ1v) is 10.2. The van der Waals surface area contributed by atoms with Gasteiger partial charge < -0.3 is 20.1 Å². The lowest BCUT2D eigenvalue weighted by atomic mass is 9.98. The summed E-state index contributed by atoms with van der Waals surface area (Å²) in [6.45, 7) is 4.50. The molecule has 31 heavy (non-hydrogen) atoms. The van der Waals surface area contributed by atoms with Crippen molar-refractivity contribution in [3.63, 3.8) is 0 Å². The quantitative estimate of drug-likeness (QED) is 0.421. The van der Waals surface area contributed by atoms with E-state index in [2.05, 4.69) is 16.1 Å². The van der Waals surface area contributed by atoms with Crippen LogP contribution in [0.25, 0.3) is 0 Å². The third-order valence-corrected chi connectivity index (χ3v) is 4.70. The Morgan fingerprint density at radius 1 is 1.23 bits per heavy atom. The predicted molar refractivity (Wildman–Crippen MR) is 111 cm³/mol. The number of nitrogens with one attached hydrogen (secondary N) is 3. The van der Waals surface area contributed by atoms with Crippen molar-refractivity contribution in [2.45, 2.75) is 39.3 Å². The molecule has 1 aliphatic heterocycles. The van der Waals surface area contributed by atoms with Gasteiger partial charge in [-0.3, -0.25) is 4.79 Å². The van der Waals surface area contributed by atoms with Crippen molar-refractivity contribution in [3.8, 4) is 0 Å². The van der Waals surface area contributed by atoms with E-state index in [0.29, 0.717) is 13.0 Å². The molecule has 10 nitrogen and oxygen atoms in total. The normalized spacial score (nSPS) is 16.3. The second kappa shape index (κ2) is 11.8. The lowest BCUT2D eigenvalue weighted by Crippen LogP contribution is -2.56. The predicted octanol–water partition coefficient (Wildman–Crippen LogP) is 1.56. The minimum atomic E-state index is -1.02. The minimum absolute atomic E-state index is 0.0253. The van der Waals surface area contributed by atoms with Gasteiger partial charge in [0.1, 0.15) is 12.6 Å². The molecule has 1 saturated heterocycles. The second-order valence-corrected chi connectivity index (χ2v) is 7.72. The van der Waals surface area contributed by atoms with Crippen molar-refractivity contribution in [1.29, 1.82) is 0 Å². The van der Waals surface area contributed by atoms with Gasteiger partial charge in [-0.05, 0) is 24.3 Å². The summed E-state index contributed by atoms with van der Waals surface area (Å²) >= 11 is 0. The Kier molecular flexibility index (Phi) is 9.11. The van der Waals surface area contributed by atoms with Crippen molar-refractivity contribution in [2.75, 3.05) is 20.2 Å². The highest BCUT2D eigenvalue weighted by Gasteiger charge is 2.33. The van der Waals surface area contributed by atoms with E-state index >= 15 is 0 Å². The Labute approximate surface area is 181 Å². The topological polar surface area (TPSA) is 126 Å². The smallest absolute Gasteiger partial charge is 0.426 e. The number of nitrogens with zero attached hydrogens (tertiary/aromatic N) is 1. The number of rotatable bonds is 8. The Morgan fingerprint density at radius 2 is 1.94 bits per heavy atom. The van der Waals surface area contributed by atoms with E-state index in [1.807, 2.05) is 44.2 Å². The van der Waals surface area contributed by atoms with Crippen LogP contribution in [0.5, 0.6) is 0 Å². The molecule has 0 bridgehead atoms. The Balaban J connectivity index is 1.99. The first-order chi connectivity index (χ1) is 14.8. The van der Waals surface area contributed by atoms with Gasteiger partial charge in [0.25, 0.3) is 0 Å². The summed E-state index contributed by atoms with van der Waals surface area (Å²) in [5.41, 5.74) is 3.22. The zero-order valence-corrected chi connectivity index (χ0v) is 18.1. The number of ether oxygens (including phenoxy) is 2. The Hall–Kier alpha value is -3.30. The highest BCUT2D eigenvalue weighted by Crippen LogP contribution is 2.17. The van der Waals surface area contributed by atoms with E-state index in [-0.39, 0.29) is 31.4 Å². The zero-order chi connectivity index (χ0) is 22.8. The van der Waals surface area contributed by atoms with Crippen molar-refractivity contribution >= 4 is 24.0 Å². The summed E-state index contributed by atoms with van der Waals surface area (Å²) in [4.78, 5) is 49.1.